The lowest BCUT2D eigenvalue weighted by molar-refractivity contribution is -0.119. The van der Waals surface area contributed by atoms with Gasteiger partial charge in [-0.2, -0.15) is 0 Å². The van der Waals surface area contributed by atoms with Crippen molar-refractivity contribution in [3.8, 4) is 0 Å². The summed E-state index contributed by atoms with van der Waals surface area (Å²) >= 11 is 0. The Hall–Kier alpha value is -3.15. The normalized spacial score (nSPS) is 9.92. The van der Waals surface area contributed by atoms with Gasteiger partial charge in [-0.15, -0.1) is 0 Å². The summed E-state index contributed by atoms with van der Waals surface area (Å²) in [4.78, 5) is 35.3. The van der Waals surface area contributed by atoms with Gasteiger partial charge in [0, 0.05) is 18.3 Å². The first kappa shape index (κ1) is 17.2. The number of ether oxygens (including phenoxy) is 1. The molecule has 0 aliphatic heterocycles. The maximum absolute atomic E-state index is 11.9. The second-order valence-corrected chi connectivity index (χ2v) is 5.15. The number of hydrogen-bond donors (Lipinski definition) is 2. The molecule has 24 heavy (non-hydrogen) atoms. The number of esters is 1. The van der Waals surface area contributed by atoms with E-state index in [4.69, 9.17) is 4.74 Å². The number of rotatable bonds is 5. The first-order valence-corrected chi connectivity index (χ1v) is 7.35. The van der Waals surface area contributed by atoms with Gasteiger partial charge in [0.15, 0.2) is 6.61 Å². The highest BCUT2D eigenvalue weighted by atomic mass is 16.5. The molecule has 2 aromatic carbocycles. The second kappa shape index (κ2) is 7.92. The zero-order valence-corrected chi connectivity index (χ0v) is 13.5. The fourth-order valence-corrected chi connectivity index (χ4v) is 1.98. The van der Waals surface area contributed by atoms with Crippen LogP contribution in [0.3, 0.4) is 0 Å². The Morgan fingerprint density at radius 2 is 1.71 bits per heavy atom. The summed E-state index contributed by atoms with van der Waals surface area (Å²) in [6.07, 6.45) is 0. The Kier molecular flexibility index (Phi) is 5.68. The molecule has 2 aromatic rings. The Bertz CT molecular complexity index is 754. The van der Waals surface area contributed by atoms with Crippen LogP contribution in [0.4, 0.5) is 5.69 Å². The SMILES string of the molecule is CNC(=O)c1cccc(NC(=O)COC(=O)c2ccc(C)cc2)c1. The Balaban J connectivity index is 1.90. The quantitative estimate of drug-likeness (QED) is 0.825. The smallest absolute Gasteiger partial charge is 0.338 e. The number of nitrogens with one attached hydrogen (secondary N) is 2. The summed E-state index contributed by atoms with van der Waals surface area (Å²) < 4.78 is 4.97. The van der Waals surface area contributed by atoms with Gasteiger partial charge < -0.3 is 15.4 Å². The number of carbonyl (C=O) groups excluding carboxylic acids is 3. The van der Waals surface area contributed by atoms with Crippen molar-refractivity contribution < 1.29 is 19.1 Å². The lowest BCUT2D eigenvalue weighted by Crippen LogP contribution is -2.22. The summed E-state index contributed by atoms with van der Waals surface area (Å²) in [7, 11) is 1.53. The molecule has 0 spiro atoms. The summed E-state index contributed by atoms with van der Waals surface area (Å²) in [6, 6.07) is 13.3. The summed E-state index contributed by atoms with van der Waals surface area (Å²) in [5, 5.41) is 5.08. The van der Waals surface area contributed by atoms with Crippen molar-refractivity contribution in [2.45, 2.75) is 6.92 Å². The standard InChI is InChI=1S/C18H18N2O4/c1-12-6-8-13(9-7-12)18(23)24-11-16(21)20-15-5-3-4-14(10-15)17(22)19-2/h3-10H,11H2,1-2H3,(H,19,22)(H,20,21). The topological polar surface area (TPSA) is 84.5 Å². The molecule has 6 nitrogen and oxygen atoms in total. The van der Waals surface area contributed by atoms with Crippen molar-refractivity contribution in [2.24, 2.45) is 0 Å². The Morgan fingerprint density at radius 3 is 2.38 bits per heavy atom. The van der Waals surface area contributed by atoms with E-state index in [1.807, 2.05) is 6.92 Å². The van der Waals surface area contributed by atoms with E-state index < -0.39 is 18.5 Å². The average Bonchev–Trinajstić information content (AvgIpc) is 2.59. The van der Waals surface area contributed by atoms with Crippen LogP contribution in [0, 0.1) is 6.92 Å². The maximum Gasteiger partial charge on any atom is 0.338 e. The molecule has 2 N–H and O–H groups in total. The van der Waals surface area contributed by atoms with Gasteiger partial charge in [-0.1, -0.05) is 23.8 Å². The predicted octanol–water partition coefficient (Wildman–Crippen LogP) is 2.15. The highest BCUT2D eigenvalue weighted by Gasteiger charge is 2.11. The first-order valence-electron chi connectivity index (χ1n) is 7.35. The fraction of sp³-hybridized carbons (Fsp3) is 0.167. The van der Waals surface area contributed by atoms with Crippen molar-refractivity contribution in [1.29, 1.82) is 0 Å². The van der Waals surface area contributed by atoms with E-state index in [9.17, 15) is 14.4 Å². The molecule has 124 valence electrons. The monoisotopic (exact) mass is 326 g/mol. The minimum Gasteiger partial charge on any atom is -0.452 e. The van der Waals surface area contributed by atoms with Crippen LogP contribution in [0.25, 0.3) is 0 Å². The van der Waals surface area contributed by atoms with Gasteiger partial charge in [0.1, 0.15) is 0 Å². The largest absolute Gasteiger partial charge is 0.452 e. The number of hydrogen-bond acceptors (Lipinski definition) is 4. The van der Waals surface area contributed by atoms with E-state index in [0.717, 1.165) is 5.56 Å². The highest BCUT2D eigenvalue weighted by molar-refractivity contribution is 5.98. The third kappa shape index (κ3) is 4.67. The molecule has 0 saturated carbocycles. The van der Waals surface area contributed by atoms with Crippen molar-refractivity contribution in [3.05, 3.63) is 65.2 Å². The minimum atomic E-state index is -0.565. The van der Waals surface area contributed by atoms with Crippen LogP contribution in [0.1, 0.15) is 26.3 Å². The molecule has 0 atom stereocenters. The van der Waals surface area contributed by atoms with Gasteiger partial charge in [0.2, 0.25) is 0 Å². The summed E-state index contributed by atoms with van der Waals surface area (Å²) in [5.74, 6) is -1.30. The van der Waals surface area contributed by atoms with Crippen LogP contribution in [-0.2, 0) is 9.53 Å². The zero-order valence-electron chi connectivity index (χ0n) is 13.5. The molecule has 0 aromatic heterocycles. The molecular weight excluding hydrogens is 308 g/mol. The Labute approximate surface area is 139 Å². The first-order chi connectivity index (χ1) is 11.5. The van der Waals surface area contributed by atoms with E-state index in [1.165, 1.54) is 7.05 Å². The fourth-order valence-electron chi connectivity index (χ4n) is 1.98. The van der Waals surface area contributed by atoms with Crippen LogP contribution in [0.2, 0.25) is 0 Å². The zero-order chi connectivity index (χ0) is 17.5. The number of aryl methyl sites for hydroxylation is 1. The number of anilines is 1. The molecule has 0 saturated heterocycles. The maximum atomic E-state index is 11.9. The van der Waals surface area contributed by atoms with Gasteiger partial charge in [0.25, 0.3) is 11.8 Å². The molecule has 0 unspecified atom stereocenters. The third-order valence-corrected chi connectivity index (χ3v) is 3.26. The second-order valence-electron chi connectivity index (χ2n) is 5.15. The van der Waals surface area contributed by atoms with E-state index >= 15 is 0 Å². The van der Waals surface area contributed by atoms with Gasteiger partial charge >= 0.3 is 5.97 Å². The van der Waals surface area contributed by atoms with E-state index in [0.29, 0.717) is 16.8 Å². The third-order valence-electron chi connectivity index (χ3n) is 3.26. The van der Waals surface area contributed by atoms with Gasteiger partial charge in [-0.25, -0.2) is 4.79 Å². The van der Waals surface area contributed by atoms with Crippen LogP contribution in [-0.4, -0.2) is 31.4 Å². The number of amides is 2. The molecule has 0 fully saturated rings. The van der Waals surface area contributed by atoms with Crippen LogP contribution < -0.4 is 10.6 Å². The van der Waals surface area contributed by atoms with Crippen molar-refractivity contribution in [3.63, 3.8) is 0 Å². The van der Waals surface area contributed by atoms with Gasteiger partial charge in [-0.05, 0) is 37.3 Å². The minimum absolute atomic E-state index is 0.253. The molecule has 6 heteroatoms. The summed E-state index contributed by atoms with van der Waals surface area (Å²) in [5.41, 5.74) is 2.29. The lowest BCUT2D eigenvalue weighted by atomic mass is 10.1. The van der Waals surface area contributed by atoms with E-state index in [-0.39, 0.29) is 5.91 Å². The molecule has 2 rings (SSSR count). The molecule has 0 aliphatic rings. The Morgan fingerprint density at radius 1 is 1.00 bits per heavy atom. The molecular formula is C18H18N2O4. The van der Waals surface area contributed by atoms with Gasteiger partial charge in [0.05, 0.1) is 5.56 Å². The van der Waals surface area contributed by atoms with Crippen LogP contribution >= 0.6 is 0 Å². The van der Waals surface area contributed by atoms with Crippen LogP contribution in [0.5, 0.6) is 0 Å². The predicted molar refractivity (Wildman–Crippen MR) is 89.9 cm³/mol. The molecule has 2 amide bonds. The lowest BCUT2D eigenvalue weighted by Gasteiger charge is -2.08. The highest BCUT2D eigenvalue weighted by Crippen LogP contribution is 2.11. The van der Waals surface area contributed by atoms with Crippen molar-refractivity contribution >= 4 is 23.5 Å². The molecule has 0 heterocycles. The van der Waals surface area contributed by atoms with Crippen molar-refractivity contribution in [1.82, 2.24) is 5.32 Å². The van der Waals surface area contributed by atoms with Crippen molar-refractivity contribution in [2.75, 3.05) is 19.0 Å². The van der Waals surface area contributed by atoms with Gasteiger partial charge in [-0.3, -0.25) is 9.59 Å². The molecule has 0 radical (unpaired) electrons. The number of carbonyl (C=O) groups is 3. The van der Waals surface area contributed by atoms with Crippen LogP contribution in [0.15, 0.2) is 48.5 Å². The van der Waals surface area contributed by atoms with E-state index in [1.54, 1.807) is 48.5 Å². The molecule has 0 aliphatic carbocycles. The number of benzene rings is 2. The summed E-state index contributed by atoms with van der Waals surface area (Å²) in [6.45, 7) is 1.51. The average molecular weight is 326 g/mol. The molecule has 0 bridgehead atoms. The van der Waals surface area contributed by atoms with E-state index in [2.05, 4.69) is 10.6 Å².